The van der Waals surface area contributed by atoms with Crippen molar-refractivity contribution in [3.63, 3.8) is 0 Å². The van der Waals surface area contributed by atoms with Crippen LogP contribution in [0.4, 0.5) is 5.69 Å². The lowest BCUT2D eigenvalue weighted by Gasteiger charge is -2.15. The maximum atomic E-state index is 12.4. The van der Waals surface area contributed by atoms with E-state index in [1.807, 2.05) is 0 Å². The Hall–Kier alpha value is -1.70. The first-order valence-electron chi connectivity index (χ1n) is 6.11. The molecule has 1 aliphatic rings. The Labute approximate surface area is 129 Å². The molecule has 0 radical (unpaired) electrons. The molecule has 8 heteroatoms. The molecule has 1 heterocycles. The lowest BCUT2D eigenvalue weighted by Crippen LogP contribution is -2.26. The van der Waals surface area contributed by atoms with Gasteiger partial charge in [0.15, 0.2) is 0 Å². The highest BCUT2D eigenvalue weighted by molar-refractivity contribution is 7.82. The van der Waals surface area contributed by atoms with Gasteiger partial charge in [0.1, 0.15) is 11.0 Å². The normalized spacial score (nSPS) is 16.4. The van der Waals surface area contributed by atoms with Crippen molar-refractivity contribution >= 4 is 40.1 Å². The Morgan fingerprint density at radius 1 is 1.43 bits per heavy atom. The fourth-order valence-corrected chi connectivity index (χ4v) is 3.34. The van der Waals surface area contributed by atoms with Gasteiger partial charge in [0, 0.05) is 25.6 Å². The van der Waals surface area contributed by atoms with Crippen LogP contribution in [0, 0.1) is 0 Å². The molecule has 1 aliphatic heterocycles. The van der Waals surface area contributed by atoms with Crippen molar-refractivity contribution in [1.29, 1.82) is 0 Å². The van der Waals surface area contributed by atoms with E-state index in [4.69, 9.17) is 17.3 Å². The predicted molar refractivity (Wildman–Crippen MR) is 81.0 cm³/mol. The summed E-state index contributed by atoms with van der Waals surface area (Å²) < 4.78 is 14.0. The van der Waals surface area contributed by atoms with E-state index in [-0.39, 0.29) is 12.5 Å². The predicted octanol–water partition coefficient (Wildman–Crippen LogP) is 1.05. The third kappa shape index (κ3) is 3.69. The minimum Gasteiger partial charge on any atom is -0.366 e. The number of carbonyl (C=O) groups is 2. The fraction of sp³-hybridized carbons (Fsp3) is 0.231. The van der Waals surface area contributed by atoms with E-state index in [1.165, 1.54) is 13.0 Å². The van der Waals surface area contributed by atoms with Crippen LogP contribution in [0.5, 0.6) is 0 Å². The molecule has 1 aromatic carbocycles. The van der Waals surface area contributed by atoms with E-state index >= 15 is 0 Å². The van der Waals surface area contributed by atoms with E-state index in [9.17, 15) is 13.8 Å². The molecule has 0 saturated heterocycles. The van der Waals surface area contributed by atoms with Crippen molar-refractivity contribution in [3.8, 4) is 0 Å². The third-order valence-electron chi connectivity index (χ3n) is 2.89. The number of nitrogens with one attached hydrogen (secondary N) is 1. The van der Waals surface area contributed by atoms with Crippen LogP contribution >= 0.6 is 11.6 Å². The summed E-state index contributed by atoms with van der Waals surface area (Å²) in [4.78, 5) is 22.6. The highest BCUT2D eigenvalue weighted by Crippen LogP contribution is 2.26. The number of hydrogen-bond donors (Lipinski definition) is 2. The number of benzene rings is 1. The molecule has 0 spiro atoms. The van der Waals surface area contributed by atoms with Gasteiger partial charge in [-0.05, 0) is 18.2 Å². The molecule has 1 unspecified atom stereocenters. The SMILES string of the molecule is CC(=O)Nc1ccc(S(=O)N2CC=C(C(N)=O)C2)cc1Cl. The summed E-state index contributed by atoms with van der Waals surface area (Å²) in [5, 5.41) is 2.88. The summed E-state index contributed by atoms with van der Waals surface area (Å²) in [6.45, 7) is 2.01. The first kappa shape index (κ1) is 15.7. The van der Waals surface area contributed by atoms with E-state index in [1.54, 1.807) is 22.5 Å². The quantitative estimate of drug-likeness (QED) is 0.865. The molecule has 21 heavy (non-hydrogen) atoms. The van der Waals surface area contributed by atoms with Crippen molar-refractivity contribution in [2.75, 3.05) is 18.4 Å². The van der Waals surface area contributed by atoms with Gasteiger partial charge < -0.3 is 11.1 Å². The molecule has 2 rings (SSSR count). The summed E-state index contributed by atoms with van der Waals surface area (Å²) in [5.74, 6) is -0.742. The second kappa shape index (κ2) is 6.38. The van der Waals surface area contributed by atoms with E-state index in [2.05, 4.69) is 5.32 Å². The molecule has 1 atom stereocenters. The van der Waals surface area contributed by atoms with Crippen LogP contribution in [-0.4, -0.2) is 33.4 Å². The van der Waals surface area contributed by atoms with E-state index in [0.717, 1.165) is 0 Å². The van der Waals surface area contributed by atoms with Gasteiger partial charge in [-0.2, -0.15) is 0 Å². The van der Waals surface area contributed by atoms with Crippen molar-refractivity contribution in [2.24, 2.45) is 5.73 Å². The molecule has 112 valence electrons. The zero-order valence-corrected chi connectivity index (χ0v) is 12.8. The van der Waals surface area contributed by atoms with Crippen LogP contribution < -0.4 is 11.1 Å². The van der Waals surface area contributed by atoms with E-state index in [0.29, 0.717) is 27.7 Å². The molecular formula is C13H14ClN3O3S. The fourth-order valence-electron chi connectivity index (χ4n) is 1.88. The molecule has 0 fully saturated rings. The molecule has 0 aromatic heterocycles. The molecule has 0 aliphatic carbocycles. The highest BCUT2D eigenvalue weighted by atomic mass is 35.5. The van der Waals surface area contributed by atoms with Crippen molar-refractivity contribution in [2.45, 2.75) is 11.8 Å². The standard InChI is InChI=1S/C13H14ClN3O3S/c1-8(18)16-12-3-2-10(6-11(12)14)21(20)17-5-4-9(7-17)13(15)19/h2-4,6H,5,7H2,1H3,(H2,15,19)(H,16,18). The highest BCUT2D eigenvalue weighted by Gasteiger charge is 2.23. The van der Waals surface area contributed by atoms with Crippen molar-refractivity contribution in [1.82, 2.24) is 4.31 Å². The van der Waals surface area contributed by atoms with Gasteiger partial charge in [0.2, 0.25) is 11.8 Å². The van der Waals surface area contributed by atoms with Gasteiger partial charge in [0.25, 0.3) is 0 Å². The Morgan fingerprint density at radius 2 is 2.14 bits per heavy atom. The number of hydrogen-bond acceptors (Lipinski definition) is 3. The lowest BCUT2D eigenvalue weighted by atomic mass is 10.3. The maximum Gasteiger partial charge on any atom is 0.245 e. The van der Waals surface area contributed by atoms with Crippen LogP contribution in [0.25, 0.3) is 0 Å². The molecule has 1 aromatic rings. The van der Waals surface area contributed by atoms with Crippen LogP contribution in [0.1, 0.15) is 6.92 Å². The van der Waals surface area contributed by atoms with Crippen molar-refractivity contribution in [3.05, 3.63) is 34.9 Å². The summed E-state index contributed by atoms with van der Waals surface area (Å²) >= 11 is 6.05. The zero-order chi connectivity index (χ0) is 15.6. The average molecular weight is 328 g/mol. The van der Waals surface area contributed by atoms with E-state index < -0.39 is 16.9 Å². The van der Waals surface area contributed by atoms with Gasteiger partial charge in [0.05, 0.1) is 15.6 Å². The summed E-state index contributed by atoms with van der Waals surface area (Å²) in [7, 11) is -1.45. The second-order valence-corrected chi connectivity index (χ2v) is 6.38. The summed E-state index contributed by atoms with van der Waals surface area (Å²) in [5.41, 5.74) is 6.10. The number of halogens is 1. The minimum atomic E-state index is -1.45. The Bertz CT molecular complexity index is 660. The largest absolute Gasteiger partial charge is 0.366 e. The number of amides is 2. The molecular weight excluding hydrogens is 314 g/mol. The number of nitrogens with two attached hydrogens (primary N) is 1. The second-order valence-electron chi connectivity index (χ2n) is 4.49. The Morgan fingerprint density at radius 3 is 2.67 bits per heavy atom. The molecule has 6 nitrogen and oxygen atoms in total. The van der Waals surface area contributed by atoms with Gasteiger partial charge in [-0.25, -0.2) is 8.51 Å². The maximum absolute atomic E-state index is 12.4. The summed E-state index contributed by atoms with van der Waals surface area (Å²) in [6, 6.07) is 4.75. The smallest absolute Gasteiger partial charge is 0.245 e. The molecule has 2 amide bonds. The molecule has 0 saturated carbocycles. The average Bonchev–Trinajstić information content (AvgIpc) is 2.89. The van der Waals surface area contributed by atoms with Crippen LogP contribution in [-0.2, 0) is 20.6 Å². The zero-order valence-electron chi connectivity index (χ0n) is 11.3. The van der Waals surface area contributed by atoms with Gasteiger partial charge in [-0.3, -0.25) is 9.59 Å². The minimum absolute atomic E-state index is 0.236. The van der Waals surface area contributed by atoms with Crippen LogP contribution in [0.15, 0.2) is 34.7 Å². The molecule has 0 bridgehead atoms. The number of anilines is 1. The Kier molecular flexibility index (Phi) is 4.76. The first-order valence-corrected chi connectivity index (χ1v) is 7.59. The lowest BCUT2D eigenvalue weighted by molar-refractivity contribution is -0.115. The topological polar surface area (TPSA) is 92.5 Å². The van der Waals surface area contributed by atoms with Crippen LogP contribution in [0.3, 0.4) is 0 Å². The van der Waals surface area contributed by atoms with Gasteiger partial charge >= 0.3 is 0 Å². The third-order valence-corrected chi connectivity index (χ3v) is 4.61. The monoisotopic (exact) mass is 327 g/mol. The van der Waals surface area contributed by atoms with Crippen molar-refractivity contribution < 1.29 is 13.8 Å². The van der Waals surface area contributed by atoms with Gasteiger partial charge in [-0.1, -0.05) is 17.7 Å². The molecule has 3 N–H and O–H groups in total. The number of primary amides is 1. The number of carbonyl (C=O) groups excluding carboxylic acids is 2. The van der Waals surface area contributed by atoms with Crippen LogP contribution in [0.2, 0.25) is 5.02 Å². The summed E-state index contributed by atoms with van der Waals surface area (Å²) in [6.07, 6.45) is 1.66. The first-order chi connectivity index (χ1) is 9.88. The number of rotatable bonds is 4. The van der Waals surface area contributed by atoms with Gasteiger partial charge in [-0.15, -0.1) is 0 Å². The Balaban J connectivity index is 2.13. The number of nitrogens with zero attached hydrogens (tertiary/aromatic N) is 1.